The molecule has 0 radical (unpaired) electrons. The SMILES string of the molecule is CC(C)CNc1cc(-c2cn[nH]c2[C@@H]2CCN(C(=O)C3CC3)C2)ccn1. The normalized spacial score (nSPS) is 20.0. The summed E-state index contributed by atoms with van der Waals surface area (Å²) in [5.41, 5.74) is 3.37. The van der Waals surface area contributed by atoms with Gasteiger partial charge in [0.25, 0.3) is 0 Å². The second-order valence-electron chi connectivity index (χ2n) is 7.95. The summed E-state index contributed by atoms with van der Waals surface area (Å²) >= 11 is 0. The zero-order valence-corrected chi connectivity index (χ0v) is 15.5. The van der Waals surface area contributed by atoms with Gasteiger partial charge < -0.3 is 10.2 Å². The summed E-state index contributed by atoms with van der Waals surface area (Å²) in [5.74, 6) is 2.43. The van der Waals surface area contributed by atoms with Gasteiger partial charge in [0.2, 0.25) is 5.91 Å². The van der Waals surface area contributed by atoms with E-state index in [1.54, 1.807) is 0 Å². The first kappa shape index (κ1) is 17.1. The van der Waals surface area contributed by atoms with Crippen molar-refractivity contribution in [1.29, 1.82) is 0 Å². The van der Waals surface area contributed by atoms with Gasteiger partial charge in [-0.2, -0.15) is 5.10 Å². The number of rotatable bonds is 6. The van der Waals surface area contributed by atoms with Crippen molar-refractivity contribution in [2.45, 2.75) is 39.0 Å². The molecule has 2 aromatic heterocycles. The molecule has 2 fully saturated rings. The molecule has 2 aromatic rings. The number of hydrogen-bond donors (Lipinski definition) is 2. The van der Waals surface area contributed by atoms with Crippen molar-refractivity contribution in [3.8, 4) is 11.1 Å². The van der Waals surface area contributed by atoms with Gasteiger partial charge in [-0.15, -0.1) is 0 Å². The van der Waals surface area contributed by atoms with Crippen molar-refractivity contribution in [3.63, 3.8) is 0 Å². The monoisotopic (exact) mass is 353 g/mol. The Labute approximate surface area is 154 Å². The number of carbonyl (C=O) groups excluding carboxylic acids is 1. The van der Waals surface area contributed by atoms with Gasteiger partial charge in [-0.1, -0.05) is 13.8 Å². The third kappa shape index (κ3) is 3.59. The average Bonchev–Trinajstić information content (AvgIpc) is 3.17. The van der Waals surface area contributed by atoms with E-state index < -0.39 is 0 Å². The van der Waals surface area contributed by atoms with Gasteiger partial charge in [0, 0.05) is 48.9 Å². The molecular weight excluding hydrogens is 326 g/mol. The minimum Gasteiger partial charge on any atom is -0.370 e. The molecule has 4 rings (SSSR count). The van der Waals surface area contributed by atoms with E-state index in [2.05, 4.69) is 40.4 Å². The number of aromatic amines is 1. The fraction of sp³-hybridized carbons (Fsp3) is 0.550. The van der Waals surface area contributed by atoms with E-state index in [1.807, 2.05) is 23.4 Å². The van der Waals surface area contributed by atoms with Crippen molar-refractivity contribution in [2.24, 2.45) is 11.8 Å². The minimum absolute atomic E-state index is 0.296. The Hall–Kier alpha value is -2.37. The number of hydrogen-bond acceptors (Lipinski definition) is 4. The molecule has 2 aliphatic rings. The van der Waals surface area contributed by atoms with Crippen LogP contribution in [0.5, 0.6) is 0 Å². The summed E-state index contributed by atoms with van der Waals surface area (Å²) in [4.78, 5) is 18.8. The highest BCUT2D eigenvalue weighted by atomic mass is 16.2. The average molecular weight is 353 g/mol. The smallest absolute Gasteiger partial charge is 0.225 e. The zero-order valence-electron chi connectivity index (χ0n) is 15.5. The number of carbonyl (C=O) groups is 1. The van der Waals surface area contributed by atoms with E-state index in [0.29, 0.717) is 23.7 Å². The number of amides is 1. The van der Waals surface area contributed by atoms with Crippen molar-refractivity contribution >= 4 is 11.7 Å². The molecule has 6 nitrogen and oxygen atoms in total. The Kier molecular flexibility index (Phi) is 4.66. The molecule has 0 spiro atoms. The second-order valence-corrected chi connectivity index (χ2v) is 7.95. The number of nitrogens with one attached hydrogen (secondary N) is 2. The summed E-state index contributed by atoms with van der Waals surface area (Å²) < 4.78 is 0. The Morgan fingerprint density at radius 3 is 3.00 bits per heavy atom. The second kappa shape index (κ2) is 7.09. The van der Waals surface area contributed by atoms with Crippen LogP contribution in [-0.2, 0) is 4.79 Å². The first-order valence-electron chi connectivity index (χ1n) is 9.64. The van der Waals surface area contributed by atoms with E-state index in [0.717, 1.165) is 61.5 Å². The summed E-state index contributed by atoms with van der Waals surface area (Å²) in [7, 11) is 0. The lowest BCUT2D eigenvalue weighted by atomic mass is 9.97. The molecule has 26 heavy (non-hydrogen) atoms. The Morgan fingerprint density at radius 1 is 1.38 bits per heavy atom. The van der Waals surface area contributed by atoms with Gasteiger partial charge in [-0.25, -0.2) is 4.98 Å². The number of aromatic nitrogens is 3. The zero-order chi connectivity index (χ0) is 18.1. The lowest BCUT2D eigenvalue weighted by molar-refractivity contribution is -0.131. The van der Waals surface area contributed by atoms with Gasteiger partial charge in [0.1, 0.15) is 5.82 Å². The first-order chi connectivity index (χ1) is 12.6. The molecule has 0 aromatic carbocycles. The third-order valence-electron chi connectivity index (χ3n) is 5.27. The van der Waals surface area contributed by atoms with E-state index >= 15 is 0 Å². The summed E-state index contributed by atoms with van der Waals surface area (Å²) in [5, 5.41) is 10.9. The van der Waals surface area contributed by atoms with Crippen molar-refractivity contribution < 1.29 is 4.79 Å². The van der Waals surface area contributed by atoms with Gasteiger partial charge in [0.05, 0.1) is 6.20 Å². The van der Waals surface area contributed by atoms with Crippen LogP contribution in [0.3, 0.4) is 0 Å². The molecule has 1 aliphatic carbocycles. The van der Waals surface area contributed by atoms with E-state index in [1.165, 1.54) is 0 Å². The highest BCUT2D eigenvalue weighted by Gasteiger charge is 2.37. The van der Waals surface area contributed by atoms with Crippen molar-refractivity contribution in [2.75, 3.05) is 25.0 Å². The van der Waals surface area contributed by atoms with Crippen LogP contribution in [0, 0.1) is 11.8 Å². The predicted molar refractivity (Wildman–Crippen MR) is 102 cm³/mol. The molecule has 1 saturated carbocycles. The minimum atomic E-state index is 0.296. The van der Waals surface area contributed by atoms with Gasteiger partial charge in [0.15, 0.2) is 0 Å². The molecule has 0 bridgehead atoms. The molecule has 3 heterocycles. The van der Waals surface area contributed by atoms with Crippen LogP contribution in [0.1, 0.15) is 44.7 Å². The number of H-pyrrole nitrogens is 1. The highest BCUT2D eigenvalue weighted by Crippen LogP contribution is 2.37. The molecule has 0 unspecified atom stereocenters. The van der Waals surface area contributed by atoms with Crippen LogP contribution < -0.4 is 5.32 Å². The number of anilines is 1. The van der Waals surface area contributed by atoms with Crippen LogP contribution in [0.25, 0.3) is 11.1 Å². The fourth-order valence-electron chi connectivity index (χ4n) is 3.63. The molecule has 2 N–H and O–H groups in total. The number of nitrogens with zero attached hydrogens (tertiary/aromatic N) is 3. The molecular formula is C20H27N5O. The van der Waals surface area contributed by atoms with Gasteiger partial charge in [-0.3, -0.25) is 9.89 Å². The Bertz CT molecular complexity index is 780. The Morgan fingerprint density at radius 2 is 2.23 bits per heavy atom. The molecule has 1 aliphatic heterocycles. The quantitative estimate of drug-likeness (QED) is 0.836. The van der Waals surface area contributed by atoms with Crippen molar-refractivity contribution in [3.05, 3.63) is 30.2 Å². The maximum Gasteiger partial charge on any atom is 0.225 e. The number of likely N-dealkylation sites (tertiary alicyclic amines) is 1. The largest absolute Gasteiger partial charge is 0.370 e. The lowest BCUT2D eigenvalue weighted by Crippen LogP contribution is -2.29. The standard InChI is InChI=1S/C20H27N5O/c1-13(2)10-22-18-9-15(5-7-21-18)17-11-23-24-19(17)16-6-8-25(12-16)20(26)14-3-4-14/h5,7,9,11,13-14,16H,3-4,6,8,10,12H2,1-2H3,(H,21,22)(H,23,24)/t16-/m1/s1. The first-order valence-corrected chi connectivity index (χ1v) is 9.64. The fourth-order valence-corrected chi connectivity index (χ4v) is 3.63. The predicted octanol–water partition coefficient (Wildman–Crippen LogP) is 3.27. The summed E-state index contributed by atoms with van der Waals surface area (Å²) in [6.07, 6.45) is 6.86. The third-order valence-corrected chi connectivity index (χ3v) is 5.27. The molecule has 1 saturated heterocycles. The van der Waals surface area contributed by atoms with E-state index in [9.17, 15) is 4.79 Å². The maximum atomic E-state index is 12.3. The van der Waals surface area contributed by atoms with Crippen LogP contribution in [0.4, 0.5) is 5.82 Å². The highest BCUT2D eigenvalue weighted by molar-refractivity contribution is 5.81. The summed E-state index contributed by atoms with van der Waals surface area (Å²) in [6.45, 7) is 6.92. The lowest BCUT2D eigenvalue weighted by Gasteiger charge is -2.16. The van der Waals surface area contributed by atoms with Gasteiger partial charge >= 0.3 is 0 Å². The Balaban J connectivity index is 1.50. The van der Waals surface area contributed by atoms with Crippen LogP contribution in [0.2, 0.25) is 0 Å². The number of pyridine rings is 1. The molecule has 1 atom stereocenters. The molecule has 6 heteroatoms. The van der Waals surface area contributed by atoms with E-state index in [4.69, 9.17) is 0 Å². The van der Waals surface area contributed by atoms with Crippen molar-refractivity contribution in [1.82, 2.24) is 20.1 Å². The van der Waals surface area contributed by atoms with Crippen LogP contribution in [-0.4, -0.2) is 45.6 Å². The molecule has 1 amide bonds. The molecule has 138 valence electrons. The maximum absolute atomic E-state index is 12.3. The van der Waals surface area contributed by atoms with Gasteiger partial charge in [-0.05, 0) is 42.9 Å². The summed E-state index contributed by atoms with van der Waals surface area (Å²) in [6, 6.07) is 4.11. The van der Waals surface area contributed by atoms with Crippen LogP contribution >= 0.6 is 0 Å². The van der Waals surface area contributed by atoms with E-state index in [-0.39, 0.29) is 0 Å². The van der Waals surface area contributed by atoms with Crippen LogP contribution in [0.15, 0.2) is 24.5 Å². The topological polar surface area (TPSA) is 73.9 Å².